The first-order valence-corrected chi connectivity index (χ1v) is 7.29. The molecular weight excluding hydrogens is 305 g/mol. The largest absolute Gasteiger partial charge is 0.479 e. The van der Waals surface area contributed by atoms with E-state index in [9.17, 15) is 31.2 Å². The Hall–Kier alpha value is -1.52. The van der Waals surface area contributed by atoms with Crippen molar-refractivity contribution in [1.82, 2.24) is 10.6 Å². The molecule has 0 aliphatic carbocycles. The van der Waals surface area contributed by atoms with E-state index < -0.39 is 39.6 Å². The van der Waals surface area contributed by atoms with E-state index in [1.807, 2.05) is 5.32 Å². The molecular formula is C9H13F3N2O5S. The molecule has 3 N–H and O–H groups in total. The molecule has 0 spiro atoms. The molecule has 2 unspecified atom stereocenters. The average molecular weight is 318 g/mol. The molecule has 1 saturated heterocycles. The van der Waals surface area contributed by atoms with Gasteiger partial charge in [-0.15, -0.1) is 0 Å². The molecule has 1 heterocycles. The number of carboxylic acids is 1. The molecule has 2 atom stereocenters. The van der Waals surface area contributed by atoms with Gasteiger partial charge in [-0.2, -0.15) is 13.2 Å². The van der Waals surface area contributed by atoms with Crippen LogP contribution in [-0.4, -0.2) is 54.8 Å². The van der Waals surface area contributed by atoms with Gasteiger partial charge in [-0.1, -0.05) is 0 Å². The minimum Gasteiger partial charge on any atom is -0.479 e. The Morgan fingerprint density at radius 1 is 1.30 bits per heavy atom. The van der Waals surface area contributed by atoms with Gasteiger partial charge in [-0.25, -0.2) is 18.0 Å². The zero-order valence-electron chi connectivity index (χ0n) is 10.3. The fourth-order valence-corrected chi connectivity index (χ4v) is 3.28. The summed E-state index contributed by atoms with van der Waals surface area (Å²) in [4.78, 5) is 22.1. The number of carboxylic acid groups (broad SMARTS) is 1. The van der Waals surface area contributed by atoms with Crippen LogP contribution in [0, 0.1) is 0 Å². The van der Waals surface area contributed by atoms with E-state index >= 15 is 0 Å². The molecule has 0 bridgehead atoms. The third kappa shape index (κ3) is 3.52. The minimum absolute atomic E-state index is 0.0750. The summed E-state index contributed by atoms with van der Waals surface area (Å²) in [5, 5.41) is 11.9. The van der Waals surface area contributed by atoms with E-state index in [1.54, 1.807) is 0 Å². The first kappa shape index (κ1) is 16.5. The second-order valence-corrected chi connectivity index (χ2v) is 6.86. The quantitative estimate of drug-likeness (QED) is 0.671. The van der Waals surface area contributed by atoms with Gasteiger partial charge in [-0.3, -0.25) is 0 Å². The van der Waals surface area contributed by atoms with Crippen LogP contribution < -0.4 is 10.6 Å². The number of sulfone groups is 1. The van der Waals surface area contributed by atoms with Crippen molar-refractivity contribution >= 4 is 21.8 Å². The highest BCUT2D eigenvalue weighted by Crippen LogP contribution is 2.30. The van der Waals surface area contributed by atoms with Gasteiger partial charge < -0.3 is 15.7 Å². The normalized spacial score (nSPS) is 24.7. The van der Waals surface area contributed by atoms with E-state index in [0.29, 0.717) is 6.92 Å². The summed E-state index contributed by atoms with van der Waals surface area (Å²) in [6.07, 6.45) is -5.12. The Labute approximate surface area is 112 Å². The first-order valence-electron chi connectivity index (χ1n) is 5.46. The molecule has 0 saturated carbocycles. The minimum atomic E-state index is -5.20. The van der Waals surface area contributed by atoms with Crippen LogP contribution in [0.25, 0.3) is 0 Å². The average Bonchev–Trinajstić information content (AvgIpc) is 2.55. The van der Waals surface area contributed by atoms with Gasteiger partial charge in [0.05, 0.1) is 11.5 Å². The van der Waals surface area contributed by atoms with Crippen molar-refractivity contribution in [1.29, 1.82) is 0 Å². The third-order valence-electron chi connectivity index (χ3n) is 2.93. The van der Waals surface area contributed by atoms with Crippen LogP contribution in [0.4, 0.5) is 18.0 Å². The van der Waals surface area contributed by atoms with Crippen molar-refractivity contribution in [3.8, 4) is 0 Å². The van der Waals surface area contributed by atoms with Gasteiger partial charge in [0.25, 0.3) is 0 Å². The molecule has 0 aromatic heterocycles. The molecule has 1 fully saturated rings. The number of hydrogen-bond donors (Lipinski definition) is 3. The second-order valence-electron chi connectivity index (χ2n) is 4.63. The number of carbonyl (C=O) groups excluding carboxylic acids is 1. The standard InChI is InChI=1S/C9H13F3N2O5S/c1-8(6(15)16,9(10,11)12)14-7(17)13-5-2-3-20(18,19)4-5/h5H,2-4H2,1H3,(H,15,16)(H2,13,14,17). The number of hydrogen-bond acceptors (Lipinski definition) is 4. The summed E-state index contributed by atoms with van der Waals surface area (Å²) >= 11 is 0. The van der Waals surface area contributed by atoms with Crippen molar-refractivity contribution in [3.63, 3.8) is 0 Å². The fourth-order valence-electron chi connectivity index (χ4n) is 1.60. The zero-order valence-corrected chi connectivity index (χ0v) is 11.1. The SMILES string of the molecule is CC(NC(=O)NC1CCS(=O)(=O)C1)(C(=O)O)C(F)(F)F. The van der Waals surface area contributed by atoms with Crippen LogP contribution in [0.5, 0.6) is 0 Å². The molecule has 0 radical (unpaired) electrons. The molecule has 7 nitrogen and oxygen atoms in total. The highest BCUT2D eigenvalue weighted by atomic mass is 32.2. The lowest BCUT2D eigenvalue weighted by molar-refractivity contribution is -0.203. The van der Waals surface area contributed by atoms with E-state index in [1.165, 1.54) is 5.32 Å². The van der Waals surface area contributed by atoms with Gasteiger partial charge in [-0.05, 0) is 13.3 Å². The maximum Gasteiger partial charge on any atom is 0.422 e. The van der Waals surface area contributed by atoms with Crippen LogP contribution in [0.2, 0.25) is 0 Å². The first-order chi connectivity index (χ1) is 8.87. The van der Waals surface area contributed by atoms with Crippen LogP contribution in [0.3, 0.4) is 0 Å². The van der Waals surface area contributed by atoms with Crippen molar-refractivity contribution in [2.24, 2.45) is 0 Å². The molecule has 0 aromatic carbocycles. The number of urea groups is 1. The number of aliphatic carboxylic acids is 1. The van der Waals surface area contributed by atoms with E-state index in [0.717, 1.165) is 0 Å². The van der Waals surface area contributed by atoms with Crippen molar-refractivity contribution in [2.75, 3.05) is 11.5 Å². The summed E-state index contributed by atoms with van der Waals surface area (Å²) in [6, 6.07) is -2.21. The van der Waals surface area contributed by atoms with Crippen molar-refractivity contribution in [3.05, 3.63) is 0 Å². The van der Waals surface area contributed by atoms with Crippen LogP contribution >= 0.6 is 0 Å². The third-order valence-corrected chi connectivity index (χ3v) is 4.69. The van der Waals surface area contributed by atoms with Gasteiger partial charge in [0.15, 0.2) is 9.84 Å². The number of halogens is 3. The predicted octanol–water partition coefficient (Wildman–Crippen LogP) is -0.122. The van der Waals surface area contributed by atoms with Crippen molar-refractivity contribution in [2.45, 2.75) is 31.1 Å². The zero-order chi connectivity index (χ0) is 15.8. The molecule has 1 aliphatic rings. The van der Waals surface area contributed by atoms with Crippen LogP contribution in [0.15, 0.2) is 0 Å². The smallest absolute Gasteiger partial charge is 0.422 e. The highest BCUT2D eigenvalue weighted by molar-refractivity contribution is 7.91. The molecule has 20 heavy (non-hydrogen) atoms. The summed E-state index contributed by atoms with van der Waals surface area (Å²) in [6.45, 7) is 0.306. The highest BCUT2D eigenvalue weighted by Gasteiger charge is 2.58. The molecule has 0 aromatic rings. The molecule has 116 valence electrons. The maximum absolute atomic E-state index is 12.6. The van der Waals surface area contributed by atoms with Gasteiger partial charge in [0.1, 0.15) is 0 Å². The summed E-state index contributed by atoms with van der Waals surface area (Å²) in [7, 11) is -3.31. The maximum atomic E-state index is 12.6. The lowest BCUT2D eigenvalue weighted by Crippen LogP contribution is -2.64. The van der Waals surface area contributed by atoms with Crippen molar-refractivity contribution < 1.29 is 36.3 Å². The lowest BCUT2D eigenvalue weighted by atomic mass is 10.0. The van der Waals surface area contributed by atoms with E-state index in [2.05, 4.69) is 0 Å². The monoisotopic (exact) mass is 318 g/mol. The molecule has 1 aliphatic heterocycles. The van der Waals surface area contributed by atoms with Gasteiger partial charge in [0, 0.05) is 6.04 Å². The topological polar surface area (TPSA) is 113 Å². The Morgan fingerprint density at radius 3 is 2.20 bits per heavy atom. The molecule has 11 heteroatoms. The molecule has 2 amide bonds. The summed E-state index contributed by atoms with van der Waals surface area (Å²) in [5.41, 5.74) is -3.45. The fraction of sp³-hybridized carbons (Fsp3) is 0.778. The molecule has 1 rings (SSSR count). The van der Waals surface area contributed by atoms with Crippen LogP contribution in [0.1, 0.15) is 13.3 Å². The Morgan fingerprint density at radius 2 is 1.85 bits per heavy atom. The summed E-state index contributed by atoms with van der Waals surface area (Å²) < 4.78 is 60.2. The van der Waals surface area contributed by atoms with E-state index in [4.69, 9.17) is 5.11 Å². The summed E-state index contributed by atoms with van der Waals surface area (Å²) in [5.74, 6) is -2.82. The number of amides is 2. The Bertz CT molecular complexity index is 518. The number of carbonyl (C=O) groups is 2. The lowest BCUT2D eigenvalue weighted by Gasteiger charge is -2.29. The number of alkyl halides is 3. The Balaban J connectivity index is 2.72. The van der Waals surface area contributed by atoms with E-state index in [-0.39, 0.29) is 17.9 Å². The number of rotatable bonds is 3. The van der Waals surface area contributed by atoms with Gasteiger partial charge >= 0.3 is 18.2 Å². The van der Waals surface area contributed by atoms with Gasteiger partial charge in [0.2, 0.25) is 5.54 Å². The van der Waals surface area contributed by atoms with Crippen LogP contribution in [-0.2, 0) is 14.6 Å². The predicted molar refractivity (Wildman–Crippen MR) is 60.8 cm³/mol. The number of nitrogens with one attached hydrogen (secondary N) is 2. The second kappa shape index (κ2) is 5.11. The Kier molecular flexibility index (Phi) is 4.22.